The van der Waals surface area contributed by atoms with Gasteiger partial charge in [-0.05, 0) is 43.7 Å². The van der Waals surface area contributed by atoms with Crippen LogP contribution in [0.25, 0.3) is 0 Å². The van der Waals surface area contributed by atoms with Crippen LogP contribution in [0.4, 0.5) is 0 Å². The minimum Gasteiger partial charge on any atom is -0.482 e. The Kier molecular flexibility index (Phi) is 6.06. The van der Waals surface area contributed by atoms with Gasteiger partial charge in [0.1, 0.15) is 5.75 Å². The van der Waals surface area contributed by atoms with Crippen LogP contribution in [0, 0.1) is 13.8 Å². The Labute approximate surface area is 149 Å². The van der Waals surface area contributed by atoms with Crippen molar-refractivity contribution in [3.8, 4) is 5.75 Å². The van der Waals surface area contributed by atoms with E-state index in [1.807, 2.05) is 26.0 Å². The first-order chi connectivity index (χ1) is 11.4. The molecule has 2 aromatic carbocycles. The molecule has 24 heavy (non-hydrogen) atoms. The summed E-state index contributed by atoms with van der Waals surface area (Å²) in [7, 11) is 0. The van der Waals surface area contributed by atoms with Crippen molar-refractivity contribution in [2.75, 3.05) is 6.61 Å². The van der Waals surface area contributed by atoms with E-state index in [4.69, 9.17) is 27.9 Å². The summed E-state index contributed by atoms with van der Waals surface area (Å²) in [5.74, 6) is -0.582. The van der Waals surface area contributed by atoms with Crippen molar-refractivity contribution in [1.29, 1.82) is 0 Å². The van der Waals surface area contributed by atoms with Gasteiger partial charge in [0, 0.05) is 10.6 Å². The molecule has 5 nitrogen and oxygen atoms in total. The van der Waals surface area contributed by atoms with Crippen LogP contribution in [0.2, 0.25) is 10.0 Å². The summed E-state index contributed by atoms with van der Waals surface area (Å²) in [6.07, 6.45) is 0. The Bertz CT molecular complexity index is 778. The van der Waals surface area contributed by atoms with Crippen LogP contribution in [-0.2, 0) is 4.79 Å². The van der Waals surface area contributed by atoms with Crippen molar-refractivity contribution in [2.24, 2.45) is 0 Å². The van der Waals surface area contributed by atoms with E-state index in [1.165, 1.54) is 6.07 Å². The van der Waals surface area contributed by atoms with Gasteiger partial charge >= 0.3 is 0 Å². The van der Waals surface area contributed by atoms with E-state index in [9.17, 15) is 9.59 Å². The van der Waals surface area contributed by atoms with E-state index < -0.39 is 11.8 Å². The van der Waals surface area contributed by atoms with E-state index in [0.29, 0.717) is 21.4 Å². The van der Waals surface area contributed by atoms with E-state index in [2.05, 4.69) is 10.9 Å². The second-order valence-electron chi connectivity index (χ2n) is 5.18. The number of hydrazine groups is 1. The summed E-state index contributed by atoms with van der Waals surface area (Å²) in [6, 6.07) is 10.1. The lowest BCUT2D eigenvalue weighted by Gasteiger charge is -2.11. The number of aryl methyl sites for hydroxylation is 2. The minimum absolute atomic E-state index is 0.297. The summed E-state index contributed by atoms with van der Waals surface area (Å²) in [5, 5.41) is 0.771. The molecule has 2 aromatic rings. The smallest absolute Gasteiger partial charge is 0.276 e. The molecule has 0 atom stereocenters. The van der Waals surface area contributed by atoms with Crippen molar-refractivity contribution in [2.45, 2.75) is 13.8 Å². The normalized spacial score (nSPS) is 10.2. The first kappa shape index (κ1) is 18.1. The molecule has 0 aromatic heterocycles. The fourth-order valence-electron chi connectivity index (χ4n) is 2.03. The highest BCUT2D eigenvalue weighted by molar-refractivity contribution is 6.35. The largest absolute Gasteiger partial charge is 0.482 e. The minimum atomic E-state index is -0.515. The molecule has 0 unspecified atom stereocenters. The van der Waals surface area contributed by atoms with Crippen molar-refractivity contribution < 1.29 is 14.3 Å². The van der Waals surface area contributed by atoms with Crippen LogP contribution < -0.4 is 15.6 Å². The van der Waals surface area contributed by atoms with E-state index >= 15 is 0 Å². The molecule has 0 saturated heterocycles. The first-order valence-electron chi connectivity index (χ1n) is 7.11. The number of rotatable bonds is 4. The van der Waals surface area contributed by atoms with Crippen molar-refractivity contribution in [3.63, 3.8) is 0 Å². The molecule has 0 spiro atoms. The number of nitrogens with one attached hydrogen (secondary N) is 2. The SMILES string of the molecule is Cc1ccc(C(=O)NNC(=O)COc2ccc(Cl)cc2Cl)c(C)c1. The molecule has 0 aliphatic carbocycles. The highest BCUT2D eigenvalue weighted by Gasteiger charge is 2.11. The lowest BCUT2D eigenvalue weighted by Crippen LogP contribution is -2.44. The second-order valence-corrected chi connectivity index (χ2v) is 6.03. The van der Waals surface area contributed by atoms with Crippen molar-refractivity contribution >= 4 is 35.0 Å². The number of ether oxygens (including phenoxy) is 1. The Hall–Kier alpha value is -2.24. The Morgan fingerprint density at radius 2 is 1.79 bits per heavy atom. The molecule has 2 amide bonds. The van der Waals surface area contributed by atoms with Crippen LogP contribution in [0.15, 0.2) is 36.4 Å². The fraction of sp³-hybridized carbons (Fsp3) is 0.176. The standard InChI is InChI=1S/C17H16Cl2N2O3/c1-10-3-5-13(11(2)7-10)17(23)21-20-16(22)9-24-15-6-4-12(18)8-14(15)19/h3-8H,9H2,1-2H3,(H,20,22)(H,21,23). The second kappa shape index (κ2) is 8.04. The monoisotopic (exact) mass is 366 g/mol. The van der Waals surface area contributed by atoms with Gasteiger partial charge in [-0.15, -0.1) is 0 Å². The third kappa shape index (κ3) is 4.88. The molecule has 2 rings (SSSR count). The average molecular weight is 367 g/mol. The lowest BCUT2D eigenvalue weighted by molar-refractivity contribution is -0.123. The maximum atomic E-state index is 12.0. The topological polar surface area (TPSA) is 67.4 Å². The highest BCUT2D eigenvalue weighted by Crippen LogP contribution is 2.27. The third-order valence-electron chi connectivity index (χ3n) is 3.19. The van der Waals surface area contributed by atoms with Gasteiger partial charge in [-0.1, -0.05) is 40.9 Å². The summed E-state index contributed by atoms with van der Waals surface area (Å²) in [6.45, 7) is 3.47. The quantitative estimate of drug-likeness (QED) is 0.814. The predicted molar refractivity (Wildman–Crippen MR) is 93.5 cm³/mol. The lowest BCUT2D eigenvalue weighted by atomic mass is 10.1. The molecule has 0 bridgehead atoms. The molecule has 126 valence electrons. The number of carbonyl (C=O) groups excluding carboxylic acids is 2. The summed E-state index contributed by atoms with van der Waals surface area (Å²) >= 11 is 11.7. The fourth-order valence-corrected chi connectivity index (χ4v) is 2.50. The zero-order valence-electron chi connectivity index (χ0n) is 13.2. The van der Waals surface area contributed by atoms with Crippen LogP contribution in [0.1, 0.15) is 21.5 Å². The number of hydrogen-bond donors (Lipinski definition) is 2. The molecule has 0 aliphatic heterocycles. The molecule has 0 saturated carbocycles. The van der Waals surface area contributed by atoms with E-state index in [1.54, 1.807) is 18.2 Å². The Morgan fingerprint density at radius 1 is 1.04 bits per heavy atom. The number of amides is 2. The number of carbonyl (C=O) groups is 2. The van der Waals surface area contributed by atoms with Gasteiger partial charge in [-0.2, -0.15) is 0 Å². The molecule has 2 N–H and O–H groups in total. The van der Waals surface area contributed by atoms with Gasteiger partial charge in [0.2, 0.25) is 0 Å². The van der Waals surface area contributed by atoms with Crippen LogP contribution >= 0.6 is 23.2 Å². The summed E-state index contributed by atoms with van der Waals surface area (Å²) < 4.78 is 5.28. The van der Waals surface area contributed by atoms with Crippen LogP contribution in [0.3, 0.4) is 0 Å². The number of halogens is 2. The average Bonchev–Trinajstić information content (AvgIpc) is 2.51. The van der Waals surface area contributed by atoms with Gasteiger partial charge in [0.15, 0.2) is 6.61 Å². The Balaban J connectivity index is 1.85. The molecule has 7 heteroatoms. The Morgan fingerprint density at radius 3 is 2.46 bits per heavy atom. The highest BCUT2D eigenvalue weighted by atomic mass is 35.5. The molecular weight excluding hydrogens is 351 g/mol. The van der Waals surface area contributed by atoms with Crippen LogP contribution in [-0.4, -0.2) is 18.4 Å². The third-order valence-corrected chi connectivity index (χ3v) is 3.73. The molecule has 0 radical (unpaired) electrons. The first-order valence-corrected chi connectivity index (χ1v) is 7.86. The predicted octanol–water partition coefficient (Wildman–Crippen LogP) is 3.45. The van der Waals surface area contributed by atoms with Gasteiger partial charge < -0.3 is 4.74 Å². The summed E-state index contributed by atoms with van der Waals surface area (Å²) in [4.78, 5) is 23.8. The van der Waals surface area contributed by atoms with Crippen molar-refractivity contribution in [3.05, 3.63) is 63.1 Å². The molecular formula is C17H16Cl2N2O3. The van der Waals surface area contributed by atoms with Crippen LogP contribution in [0.5, 0.6) is 5.75 Å². The molecule has 0 aliphatic rings. The van der Waals surface area contributed by atoms with Crippen molar-refractivity contribution in [1.82, 2.24) is 10.9 Å². The number of hydrogen-bond acceptors (Lipinski definition) is 3. The van der Waals surface area contributed by atoms with E-state index in [0.717, 1.165) is 11.1 Å². The van der Waals surface area contributed by atoms with Gasteiger partial charge in [-0.25, -0.2) is 0 Å². The maximum absolute atomic E-state index is 12.0. The molecule has 0 fully saturated rings. The zero-order valence-corrected chi connectivity index (χ0v) is 14.7. The molecule has 0 heterocycles. The maximum Gasteiger partial charge on any atom is 0.276 e. The van der Waals surface area contributed by atoms with Gasteiger partial charge in [0.05, 0.1) is 5.02 Å². The van der Waals surface area contributed by atoms with E-state index in [-0.39, 0.29) is 6.61 Å². The zero-order chi connectivity index (χ0) is 17.7. The van der Waals surface area contributed by atoms with Gasteiger partial charge in [0.25, 0.3) is 11.8 Å². The number of benzene rings is 2. The van der Waals surface area contributed by atoms with Gasteiger partial charge in [-0.3, -0.25) is 20.4 Å². The summed E-state index contributed by atoms with van der Waals surface area (Å²) in [5.41, 5.74) is 7.01.